The second kappa shape index (κ2) is 11.3. The van der Waals surface area contributed by atoms with Crippen LogP contribution >= 0.6 is 11.3 Å². The van der Waals surface area contributed by atoms with Crippen molar-refractivity contribution in [2.24, 2.45) is 0 Å². The Labute approximate surface area is 261 Å². The Hall–Kier alpha value is -5.44. The summed E-state index contributed by atoms with van der Waals surface area (Å²) in [6, 6.07) is 63.2. The topological polar surface area (TPSA) is 3.24 Å². The zero-order valence-electron chi connectivity index (χ0n) is 24.1. The van der Waals surface area contributed by atoms with Crippen molar-refractivity contribution in [2.75, 3.05) is 4.90 Å². The van der Waals surface area contributed by atoms with Crippen LogP contribution in [0.2, 0.25) is 0 Å². The van der Waals surface area contributed by atoms with Crippen LogP contribution in [0, 0.1) is 0 Å². The first-order chi connectivity index (χ1) is 21.8. The lowest BCUT2D eigenvalue weighted by molar-refractivity contribution is 1.28. The van der Waals surface area contributed by atoms with Crippen LogP contribution in [0.5, 0.6) is 0 Å². The van der Waals surface area contributed by atoms with Crippen molar-refractivity contribution in [1.82, 2.24) is 0 Å². The molecule has 0 unspecified atom stereocenters. The number of nitrogens with zero attached hydrogens (tertiary/aromatic N) is 1. The van der Waals surface area contributed by atoms with E-state index in [1.807, 2.05) is 11.3 Å². The van der Waals surface area contributed by atoms with Gasteiger partial charge >= 0.3 is 0 Å². The Balaban J connectivity index is 1.19. The van der Waals surface area contributed by atoms with Crippen molar-refractivity contribution >= 4 is 48.6 Å². The molecule has 0 radical (unpaired) electrons. The average Bonchev–Trinajstić information content (AvgIpc) is 3.49. The largest absolute Gasteiger partial charge is 0.310 e. The molecular weight excluding hydrogens is 551 g/mol. The van der Waals surface area contributed by atoms with Crippen LogP contribution in [0.25, 0.3) is 53.6 Å². The van der Waals surface area contributed by atoms with Crippen molar-refractivity contribution in [3.63, 3.8) is 0 Å². The molecule has 8 aromatic rings. The number of thiophene rings is 1. The van der Waals surface area contributed by atoms with Gasteiger partial charge in [0.15, 0.2) is 0 Å². The van der Waals surface area contributed by atoms with Gasteiger partial charge in [-0.05, 0) is 81.9 Å². The van der Waals surface area contributed by atoms with E-state index in [2.05, 4.69) is 181 Å². The van der Waals surface area contributed by atoms with Gasteiger partial charge < -0.3 is 4.90 Å². The molecule has 0 aliphatic heterocycles. The molecule has 44 heavy (non-hydrogen) atoms. The molecule has 0 aliphatic carbocycles. The first kappa shape index (κ1) is 26.2. The quantitative estimate of drug-likeness (QED) is 0.189. The molecule has 8 rings (SSSR count). The van der Waals surface area contributed by atoms with Crippen LogP contribution in [0.15, 0.2) is 176 Å². The van der Waals surface area contributed by atoms with Gasteiger partial charge in [-0.1, -0.05) is 127 Å². The summed E-state index contributed by atoms with van der Waals surface area (Å²) in [7, 11) is 0. The van der Waals surface area contributed by atoms with Crippen LogP contribution in [0.1, 0.15) is 0 Å². The maximum atomic E-state index is 2.35. The van der Waals surface area contributed by atoms with Crippen LogP contribution < -0.4 is 4.90 Å². The van der Waals surface area contributed by atoms with Gasteiger partial charge in [-0.25, -0.2) is 0 Å². The average molecular weight is 580 g/mol. The molecule has 1 aromatic heterocycles. The van der Waals surface area contributed by atoms with E-state index >= 15 is 0 Å². The molecule has 0 aliphatic rings. The highest BCUT2D eigenvalue weighted by atomic mass is 32.1. The molecule has 0 fully saturated rings. The van der Waals surface area contributed by atoms with Crippen molar-refractivity contribution in [3.05, 3.63) is 176 Å². The van der Waals surface area contributed by atoms with E-state index in [-0.39, 0.29) is 0 Å². The van der Waals surface area contributed by atoms with Crippen molar-refractivity contribution < 1.29 is 0 Å². The van der Waals surface area contributed by atoms with E-state index in [0.29, 0.717) is 0 Å². The fraction of sp³-hybridized carbons (Fsp3) is 0. The van der Waals surface area contributed by atoms with E-state index in [9.17, 15) is 0 Å². The molecule has 7 aromatic carbocycles. The standard InChI is InChI=1S/C42H29NS/c1-3-12-30(13-4-1)32-14-9-15-33(28-32)31-24-26-36(27-25-31)43(35-17-5-2-6-18-35)37-19-10-16-34(29-37)38-21-11-22-40-39-20-7-8-23-41(39)44-42(38)40/h1-29H. The normalized spacial score (nSPS) is 11.2. The van der Waals surface area contributed by atoms with E-state index in [0.717, 1.165) is 17.1 Å². The number of rotatable bonds is 6. The minimum absolute atomic E-state index is 1.12. The van der Waals surface area contributed by atoms with E-state index in [4.69, 9.17) is 0 Å². The van der Waals surface area contributed by atoms with Gasteiger partial charge in [0.05, 0.1) is 0 Å². The highest BCUT2D eigenvalue weighted by molar-refractivity contribution is 7.26. The molecule has 1 heterocycles. The molecule has 0 atom stereocenters. The van der Waals surface area contributed by atoms with Crippen LogP contribution in [-0.2, 0) is 0 Å². The highest BCUT2D eigenvalue weighted by Crippen LogP contribution is 2.42. The first-order valence-corrected chi connectivity index (χ1v) is 15.8. The van der Waals surface area contributed by atoms with Crippen molar-refractivity contribution in [1.29, 1.82) is 0 Å². The number of anilines is 3. The third-order valence-electron chi connectivity index (χ3n) is 8.26. The summed E-state index contributed by atoms with van der Waals surface area (Å²) in [5.41, 5.74) is 10.7. The second-order valence-electron chi connectivity index (χ2n) is 11.0. The molecular formula is C42H29NS. The summed E-state index contributed by atoms with van der Waals surface area (Å²) in [5.74, 6) is 0. The van der Waals surface area contributed by atoms with Gasteiger partial charge in [0.1, 0.15) is 0 Å². The zero-order chi connectivity index (χ0) is 29.3. The molecule has 208 valence electrons. The summed E-state index contributed by atoms with van der Waals surface area (Å²) < 4.78 is 2.66. The minimum atomic E-state index is 1.12. The highest BCUT2D eigenvalue weighted by Gasteiger charge is 2.15. The number of benzene rings is 7. The Kier molecular flexibility index (Phi) is 6.75. The number of fused-ring (bicyclic) bond motifs is 3. The fourth-order valence-corrected chi connectivity index (χ4v) is 7.36. The lowest BCUT2D eigenvalue weighted by Gasteiger charge is -2.26. The van der Waals surface area contributed by atoms with Crippen molar-refractivity contribution in [2.45, 2.75) is 0 Å². The summed E-state index contributed by atoms with van der Waals surface area (Å²) in [6.07, 6.45) is 0. The van der Waals surface area contributed by atoms with Crippen molar-refractivity contribution in [3.8, 4) is 33.4 Å². The van der Waals surface area contributed by atoms with Crippen LogP contribution in [-0.4, -0.2) is 0 Å². The smallest absolute Gasteiger partial charge is 0.0467 e. The maximum Gasteiger partial charge on any atom is 0.0467 e. The third kappa shape index (κ3) is 4.86. The van der Waals surface area contributed by atoms with Gasteiger partial charge in [-0.15, -0.1) is 11.3 Å². The van der Waals surface area contributed by atoms with Crippen LogP contribution in [0.3, 0.4) is 0 Å². The van der Waals surface area contributed by atoms with E-state index < -0.39 is 0 Å². The van der Waals surface area contributed by atoms with E-state index in [1.54, 1.807) is 0 Å². The third-order valence-corrected chi connectivity index (χ3v) is 9.48. The summed E-state index contributed by atoms with van der Waals surface area (Å²) >= 11 is 1.88. The lowest BCUT2D eigenvalue weighted by atomic mass is 9.98. The minimum Gasteiger partial charge on any atom is -0.310 e. The summed E-state index contributed by atoms with van der Waals surface area (Å²) in [4.78, 5) is 2.35. The van der Waals surface area contributed by atoms with Gasteiger partial charge in [0.25, 0.3) is 0 Å². The molecule has 2 heteroatoms. The van der Waals surface area contributed by atoms with Gasteiger partial charge in [-0.3, -0.25) is 0 Å². The monoisotopic (exact) mass is 579 g/mol. The van der Waals surface area contributed by atoms with Gasteiger partial charge in [0, 0.05) is 37.2 Å². The molecule has 1 nitrogen and oxygen atoms in total. The Bertz CT molecular complexity index is 2210. The SMILES string of the molecule is c1ccc(-c2cccc(-c3ccc(N(c4ccccc4)c4cccc(-c5cccc6c5sc5ccccc56)c4)cc3)c2)cc1. The second-order valence-corrected chi connectivity index (χ2v) is 12.0. The molecule has 0 amide bonds. The van der Waals surface area contributed by atoms with Crippen LogP contribution in [0.4, 0.5) is 17.1 Å². The Morgan fingerprint density at radius 1 is 0.341 bits per heavy atom. The van der Waals surface area contributed by atoms with Gasteiger partial charge in [0.2, 0.25) is 0 Å². The first-order valence-electron chi connectivity index (χ1n) is 14.9. The maximum absolute atomic E-state index is 2.35. The summed E-state index contributed by atoms with van der Waals surface area (Å²) in [6.45, 7) is 0. The molecule has 0 N–H and O–H groups in total. The Morgan fingerprint density at radius 2 is 0.886 bits per heavy atom. The fourth-order valence-electron chi connectivity index (χ4n) is 6.12. The number of hydrogen-bond acceptors (Lipinski definition) is 2. The molecule has 0 bridgehead atoms. The number of para-hydroxylation sites is 1. The Morgan fingerprint density at radius 3 is 1.68 bits per heavy atom. The summed E-state index contributed by atoms with van der Waals surface area (Å²) in [5, 5.41) is 2.64. The molecule has 0 spiro atoms. The predicted molar refractivity (Wildman–Crippen MR) is 190 cm³/mol. The number of hydrogen-bond donors (Lipinski definition) is 0. The predicted octanol–water partition coefficient (Wildman–Crippen LogP) is 12.5. The molecule has 0 saturated heterocycles. The molecule has 0 saturated carbocycles. The zero-order valence-corrected chi connectivity index (χ0v) is 24.9. The lowest BCUT2D eigenvalue weighted by Crippen LogP contribution is -2.09. The van der Waals surface area contributed by atoms with E-state index in [1.165, 1.54) is 53.6 Å². The van der Waals surface area contributed by atoms with Gasteiger partial charge in [-0.2, -0.15) is 0 Å².